The average molecular weight is 649 g/mol. The van der Waals surface area contributed by atoms with E-state index in [1.54, 1.807) is 0 Å². The third-order valence-corrected chi connectivity index (χ3v) is 9.62. The van der Waals surface area contributed by atoms with Crippen molar-refractivity contribution in [1.82, 2.24) is 9.88 Å². The quantitative estimate of drug-likeness (QED) is 0.108. The molecule has 1 aromatic heterocycles. The number of benzene rings is 5. The van der Waals surface area contributed by atoms with Crippen molar-refractivity contribution in [1.29, 1.82) is 0 Å². The standard InChI is InChI=1S/C43H40N2O4/c46-42(45-25-23-32(24-26-45)28-30-10-2-1-3-11-30)35-16-6-12-31(29-35)21-22-34-15-7-18-37-38(41(43(47)48)44-40(34)37)19-9-27-49-39-20-8-14-33-13-4-5-17-36(33)39/h1-8,10-18,20-22,29,32,44H,9,19,23-28H2,(H,47,48). The largest absolute Gasteiger partial charge is 0.493 e. The van der Waals surface area contributed by atoms with Crippen molar-refractivity contribution in [3.05, 3.63) is 149 Å². The molecule has 1 fully saturated rings. The van der Waals surface area contributed by atoms with E-state index in [1.165, 1.54) is 5.56 Å². The normalized spacial score (nSPS) is 13.8. The van der Waals surface area contributed by atoms with Gasteiger partial charge in [-0.05, 0) is 83.9 Å². The Labute approximate surface area is 286 Å². The van der Waals surface area contributed by atoms with Gasteiger partial charge in [0.1, 0.15) is 11.4 Å². The number of carbonyl (C=O) groups excluding carboxylic acids is 1. The van der Waals surface area contributed by atoms with Gasteiger partial charge in [0, 0.05) is 29.4 Å². The third-order valence-electron chi connectivity index (χ3n) is 9.62. The number of carboxylic acid groups (broad SMARTS) is 1. The summed E-state index contributed by atoms with van der Waals surface area (Å²) < 4.78 is 6.14. The lowest BCUT2D eigenvalue weighted by Crippen LogP contribution is -2.38. The molecule has 1 aliphatic heterocycles. The zero-order chi connectivity index (χ0) is 33.6. The predicted octanol–water partition coefficient (Wildman–Crippen LogP) is 9.30. The van der Waals surface area contributed by atoms with Crippen molar-refractivity contribution < 1.29 is 19.4 Å². The molecule has 0 atom stereocenters. The lowest BCUT2D eigenvalue weighted by Gasteiger charge is -2.32. The summed E-state index contributed by atoms with van der Waals surface area (Å²) in [6, 6.07) is 38.4. The van der Waals surface area contributed by atoms with E-state index >= 15 is 0 Å². The number of hydrogen-bond donors (Lipinski definition) is 2. The number of carbonyl (C=O) groups is 2. The van der Waals surface area contributed by atoms with E-state index in [4.69, 9.17) is 4.74 Å². The monoisotopic (exact) mass is 648 g/mol. The number of carboxylic acids is 1. The molecule has 0 saturated carbocycles. The summed E-state index contributed by atoms with van der Waals surface area (Å²) in [6.07, 6.45) is 8.28. The minimum Gasteiger partial charge on any atom is -0.493 e. The molecular weight excluding hydrogens is 608 g/mol. The number of H-pyrrole nitrogens is 1. The first-order valence-electron chi connectivity index (χ1n) is 17.1. The van der Waals surface area contributed by atoms with Gasteiger partial charge in [-0.3, -0.25) is 4.79 Å². The predicted molar refractivity (Wildman–Crippen MR) is 197 cm³/mol. The zero-order valence-electron chi connectivity index (χ0n) is 27.5. The Bertz CT molecular complexity index is 2120. The molecule has 0 spiro atoms. The van der Waals surface area contributed by atoms with Crippen LogP contribution >= 0.6 is 0 Å². The molecule has 1 saturated heterocycles. The SMILES string of the molecule is O=C(O)c1[nH]c2c(C=Cc3cccc(C(=O)N4CCC(Cc5ccccc5)CC4)c3)cccc2c1CCCOc1cccc2ccccc12. The van der Waals surface area contributed by atoms with E-state index in [0.717, 1.165) is 76.5 Å². The highest BCUT2D eigenvalue weighted by Crippen LogP contribution is 2.30. The van der Waals surface area contributed by atoms with Crippen LogP contribution in [0.5, 0.6) is 5.75 Å². The summed E-state index contributed by atoms with van der Waals surface area (Å²) in [4.78, 5) is 30.9. The molecule has 246 valence electrons. The van der Waals surface area contributed by atoms with Crippen molar-refractivity contribution in [2.24, 2.45) is 5.92 Å². The van der Waals surface area contributed by atoms with Crippen LogP contribution in [-0.2, 0) is 12.8 Å². The molecule has 2 N–H and O–H groups in total. The van der Waals surface area contributed by atoms with Crippen LogP contribution in [-0.4, -0.2) is 46.6 Å². The number of aromatic amines is 1. The summed E-state index contributed by atoms with van der Waals surface area (Å²) in [5, 5.41) is 13.2. The molecule has 7 rings (SSSR count). The Balaban J connectivity index is 1.02. The van der Waals surface area contributed by atoms with Gasteiger partial charge in [-0.15, -0.1) is 0 Å². The molecule has 0 unspecified atom stereocenters. The molecule has 49 heavy (non-hydrogen) atoms. The number of aromatic carboxylic acids is 1. The topological polar surface area (TPSA) is 82.6 Å². The fourth-order valence-corrected chi connectivity index (χ4v) is 7.06. The first-order valence-corrected chi connectivity index (χ1v) is 17.1. The molecule has 1 amide bonds. The molecule has 5 aromatic carbocycles. The van der Waals surface area contributed by atoms with Crippen LogP contribution in [0.3, 0.4) is 0 Å². The maximum Gasteiger partial charge on any atom is 0.352 e. The number of rotatable bonds is 11. The van der Waals surface area contributed by atoms with Gasteiger partial charge in [0.15, 0.2) is 0 Å². The highest BCUT2D eigenvalue weighted by molar-refractivity contribution is 6.01. The summed E-state index contributed by atoms with van der Waals surface area (Å²) in [6.45, 7) is 2.02. The highest BCUT2D eigenvalue weighted by Gasteiger charge is 2.24. The number of amides is 1. The fourth-order valence-electron chi connectivity index (χ4n) is 7.06. The number of nitrogens with one attached hydrogen (secondary N) is 1. The number of aryl methyl sites for hydroxylation is 1. The van der Waals surface area contributed by atoms with Crippen LogP contribution in [0.1, 0.15) is 62.4 Å². The van der Waals surface area contributed by atoms with E-state index in [2.05, 4.69) is 41.4 Å². The van der Waals surface area contributed by atoms with Gasteiger partial charge in [0.05, 0.1) is 12.1 Å². The van der Waals surface area contributed by atoms with E-state index in [-0.39, 0.29) is 11.6 Å². The third kappa shape index (κ3) is 7.29. The van der Waals surface area contributed by atoms with E-state index in [1.807, 2.05) is 95.9 Å². The molecular formula is C43H40N2O4. The summed E-state index contributed by atoms with van der Waals surface area (Å²) >= 11 is 0. The van der Waals surface area contributed by atoms with E-state index in [0.29, 0.717) is 30.9 Å². The van der Waals surface area contributed by atoms with Crippen molar-refractivity contribution in [2.75, 3.05) is 19.7 Å². The number of likely N-dealkylation sites (tertiary alicyclic amines) is 1. The molecule has 6 heteroatoms. The van der Waals surface area contributed by atoms with Gasteiger partial charge >= 0.3 is 5.97 Å². The van der Waals surface area contributed by atoms with Crippen LogP contribution in [0.25, 0.3) is 33.8 Å². The Kier molecular flexibility index (Phi) is 9.55. The fraction of sp³-hybridized carbons (Fsp3) is 0.209. The summed E-state index contributed by atoms with van der Waals surface area (Å²) in [5.74, 6) is 0.519. The lowest BCUT2D eigenvalue weighted by atomic mass is 9.90. The van der Waals surface area contributed by atoms with Crippen LogP contribution < -0.4 is 4.74 Å². The van der Waals surface area contributed by atoms with Crippen LogP contribution in [0.15, 0.2) is 115 Å². The van der Waals surface area contributed by atoms with Gasteiger partial charge in [-0.1, -0.05) is 109 Å². The maximum absolute atomic E-state index is 13.4. The molecule has 6 nitrogen and oxygen atoms in total. The van der Waals surface area contributed by atoms with Gasteiger partial charge in [0.2, 0.25) is 0 Å². The molecule has 2 heterocycles. The number of fused-ring (bicyclic) bond motifs is 2. The summed E-state index contributed by atoms with van der Waals surface area (Å²) in [5.41, 5.74) is 5.61. The van der Waals surface area contributed by atoms with E-state index < -0.39 is 5.97 Å². The van der Waals surface area contributed by atoms with Gasteiger partial charge in [0.25, 0.3) is 5.91 Å². The Morgan fingerprint density at radius 2 is 1.55 bits per heavy atom. The molecule has 6 aromatic rings. The lowest BCUT2D eigenvalue weighted by molar-refractivity contribution is 0.0681. The van der Waals surface area contributed by atoms with Gasteiger partial charge < -0.3 is 19.7 Å². The van der Waals surface area contributed by atoms with Crippen molar-refractivity contribution in [3.8, 4) is 5.75 Å². The zero-order valence-corrected chi connectivity index (χ0v) is 27.5. The van der Waals surface area contributed by atoms with Crippen molar-refractivity contribution in [2.45, 2.75) is 32.1 Å². The molecule has 0 aliphatic carbocycles. The smallest absolute Gasteiger partial charge is 0.352 e. The van der Waals surface area contributed by atoms with Crippen LogP contribution in [0.4, 0.5) is 0 Å². The number of para-hydroxylation sites is 1. The molecule has 1 aliphatic rings. The number of piperidine rings is 1. The Morgan fingerprint density at radius 3 is 2.39 bits per heavy atom. The second-order valence-electron chi connectivity index (χ2n) is 12.9. The minimum atomic E-state index is -0.980. The number of ether oxygens (including phenoxy) is 1. The maximum atomic E-state index is 13.4. The number of hydrogen-bond acceptors (Lipinski definition) is 3. The van der Waals surface area contributed by atoms with Crippen molar-refractivity contribution in [3.63, 3.8) is 0 Å². The molecule has 0 radical (unpaired) electrons. The van der Waals surface area contributed by atoms with Crippen LogP contribution in [0.2, 0.25) is 0 Å². The first-order chi connectivity index (χ1) is 24.0. The first kappa shape index (κ1) is 32.0. The minimum absolute atomic E-state index is 0.0695. The van der Waals surface area contributed by atoms with Crippen LogP contribution in [0, 0.1) is 5.92 Å². The van der Waals surface area contributed by atoms with Crippen molar-refractivity contribution >= 4 is 45.7 Å². The average Bonchev–Trinajstić information content (AvgIpc) is 3.52. The summed E-state index contributed by atoms with van der Waals surface area (Å²) in [7, 11) is 0. The Hall–Kier alpha value is -5.62. The highest BCUT2D eigenvalue weighted by atomic mass is 16.5. The number of nitrogens with zero attached hydrogens (tertiary/aromatic N) is 1. The van der Waals surface area contributed by atoms with E-state index in [9.17, 15) is 14.7 Å². The number of aromatic nitrogens is 1. The molecule has 0 bridgehead atoms. The Morgan fingerprint density at radius 1 is 0.816 bits per heavy atom. The van der Waals surface area contributed by atoms with Gasteiger partial charge in [-0.2, -0.15) is 0 Å². The second-order valence-corrected chi connectivity index (χ2v) is 12.9. The second kappa shape index (κ2) is 14.7. The van der Waals surface area contributed by atoms with Gasteiger partial charge in [-0.25, -0.2) is 4.79 Å².